The number of nitrogens with zero attached hydrogens (tertiary/aromatic N) is 3. The van der Waals surface area contributed by atoms with Crippen molar-refractivity contribution < 1.29 is 0 Å². The van der Waals surface area contributed by atoms with Crippen LogP contribution >= 0.6 is 11.6 Å². The van der Waals surface area contributed by atoms with Gasteiger partial charge in [-0.2, -0.15) is 0 Å². The number of alkyl halides is 1. The summed E-state index contributed by atoms with van der Waals surface area (Å²) in [5.74, 6) is 0.890. The molecule has 3 rings (SSSR count). The van der Waals surface area contributed by atoms with Gasteiger partial charge in [-0.15, -0.1) is 11.6 Å². The first-order valence-corrected chi connectivity index (χ1v) is 6.39. The zero-order chi connectivity index (χ0) is 11.1. The average Bonchev–Trinajstić information content (AvgIpc) is 2.54. The van der Waals surface area contributed by atoms with Crippen LogP contribution in [0.15, 0.2) is 12.4 Å². The van der Waals surface area contributed by atoms with Crippen molar-refractivity contribution in [2.24, 2.45) is 0 Å². The Bertz CT molecular complexity index is 364. The summed E-state index contributed by atoms with van der Waals surface area (Å²) in [5.41, 5.74) is 1.11. The fourth-order valence-corrected chi connectivity index (χ4v) is 3.37. The SMILES string of the molecule is Cc1cnc(N2C3CCC2CC(Cl)C3)nc1. The summed E-state index contributed by atoms with van der Waals surface area (Å²) in [6.07, 6.45) is 8.43. The second-order valence-electron chi connectivity index (χ2n) is 4.92. The molecule has 3 nitrogen and oxygen atoms in total. The van der Waals surface area contributed by atoms with Crippen LogP contribution in [0, 0.1) is 6.92 Å². The van der Waals surface area contributed by atoms with E-state index in [1.807, 2.05) is 19.3 Å². The predicted molar refractivity (Wildman–Crippen MR) is 64.9 cm³/mol. The van der Waals surface area contributed by atoms with Crippen molar-refractivity contribution in [3.8, 4) is 0 Å². The molecule has 0 spiro atoms. The minimum absolute atomic E-state index is 0.346. The van der Waals surface area contributed by atoms with Gasteiger partial charge in [-0.3, -0.25) is 0 Å². The number of piperidine rings is 1. The van der Waals surface area contributed by atoms with E-state index in [-0.39, 0.29) is 0 Å². The van der Waals surface area contributed by atoms with Gasteiger partial charge in [0.25, 0.3) is 0 Å². The van der Waals surface area contributed by atoms with Crippen LogP contribution in [0.5, 0.6) is 0 Å². The monoisotopic (exact) mass is 237 g/mol. The van der Waals surface area contributed by atoms with Gasteiger partial charge in [-0.1, -0.05) is 0 Å². The minimum atomic E-state index is 0.346. The van der Waals surface area contributed by atoms with Crippen LogP contribution in [0.3, 0.4) is 0 Å². The smallest absolute Gasteiger partial charge is 0.225 e. The molecule has 2 aliphatic rings. The average molecular weight is 238 g/mol. The maximum atomic E-state index is 6.26. The summed E-state index contributed by atoms with van der Waals surface area (Å²) in [7, 11) is 0. The summed E-state index contributed by atoms with van der Waals surface area (Å²) in [5, 5.41) is 0.346. The van der Waals surface area contributed by atoms with Crippen molar-refractivity contribution in [2.45, 2.75) is 50.1 Å². The van der Waals surface area contributed by atoms with Crippen molar-refractivity contribution >= 4 is 17.5 Å². The lowest BCUT2D eigenvalue weighted by Crippen LogP contribution is -2.44. The summed E-state index contributed by atoms with van der Waals surface area (Å²) >= 11 is 6.26. The molecule has 0 amide bonds. The zero-order valence-corrected chi connectivity index (χ0v) is 10.2. The van der Waals surface area contributed by atoms with E-state index in [4.69, 9.17) is 11.6 Å². The number of hydrogen-bond acceptors (Lipinski definition) is 3. The first-order chi connectivity index (χ1) is 7.74. The molecule has 0 aliphatic carbocycles. The minimum Gasteiger partial charge on any atom is -0.335 e. The summed E-state index contributed by atoms with van der Waals surface area (Å²) in [6.45, 7) is 2.02. The van der Waals surface area contributed by atoms with Gasteiger partial charge in [0.1, 0.15) is 0 Å². The molecule has 0 saturated carbocycles. The van der Waals surface area contributed by atoms with Crippen molar-refractivity contribution in [2.75, 3.05) is 4.90 Å². The van der Waals surface area contributed by atoms with Gasteiger partial charge in [0.05, 0.1) is 0 Å². The Morgan fingerprint density at radius 2 is 1.75 bits per heavy atom. The molecule has 0 radical (unpaired) electrons. The normalized spacial score (nSPS) is 33.1. The maximum Gasteiger partial charge on any atom is 0.225 e. The van der Waals surface area contributed by atoms with Crippen molar-refractivity contribution in [1.29, 1.82) is 0 Å². The third kappa shape index (κ3) is 1.67. The molecule has 2 atom stereocenters. The second-order valence-corrected chi connectivity index (χ2v) is 5.54. The van der Waals surface area contributed by atoms with Gasteiger partial charge >= 0.3 is 0 Å². The third-order valence-electron chi connectivity index (χ3n) is 3.67. The standard InChI is InChI=1S/C12H16ClN3/c1-8-6-14-12(15-7-8)16-10-2-3-11(16)5-9(13)4-10/h6-7,9-11H,2-5H2,1H3. The molecule has 86 valence electrons. The van der Waals surface area contributed by atoms with E-state index >= 15 is 0 Å². The summed E-state index contributed by atoms with van der Waals surface area (Å²) < 4.78 is 0. The number of fused-ring (bicyclic) bond motifs is 2. The first kappa shape index (κ1) is 10.3. The van der Waals surface area contributed by atoms with E-state index in [1.54, 1.807) is 0 Å². The molecule has 4 heteroatoms. The zero-order valence-electron chi connectivity index (χ0n) is 9.43. The van der Waals surface area contributed by atoms with Crippen molar-refractivity contribution in [3.63, 3.8) is 0 Å². The predicted octanol–water partition coefficient (Wildman–Crippen LogP) is 2.52. The van der Waals surface area contributed by atoms with E-state index in [9.17, 15) is 0 Å². The highest BCUT2D eigenvalue weighted by Crippen LogP contribution is 2.39. The van der Waals surface area contributed by atoms with E-state index in [2.05, 4.69) is 14.9 Å². The molecule has 0 N–H and O–H groups in total. The highest BCUT2D eigenvalue weighted by atomic mass is 35.5. The molecule has 0 aromatic carbocycles. The Kier molecular flexibility index (Phi) is 2.51. The van der Waals surface area contributed by atoms with Gasteiger partial charge in [-0.05, 0) is 38.2 Å². The quantitative estimate of drug-likeness (QED) is 0.703. The topological polar surface area (TPSA) is 29.0 Å². The first-order valence-electron chi connectivity index (χ1n) is 5.95. The van der Waals surface area contributed by atoms with E-state index in [0.29, 0.717) is 17.5 Å². The van der Waals surface area contributed by atoms with E-state index < -0.39 is 0 Å². The number of aromatic nitrogens is 2. The van der Waals surface area contributed by atoms with Gasteiger partial charge in [-0.25, -0.2) is 9.97 Å². The summed E-state index contributed by atoms with van der Waals surface area (Å²) in [6, 6.07) is 1.12. The lowest BCUT2D eigenvalue weighted by molar-refractivity contribution is 0.466. The molecule has 2 bridgehead atoms. The Labute approximate surface area is 101 Å². The van der Waals surface area contributed by atoms with Crippen LogP contribution in [-0.2, 0) is 0 Å². The number of rotatable bonds is 1. The van der Waals surface area contributed by atoms with Crippen LogP contribution in [0.1, 0.15) is 31.2 Å². The fraction of sp³-hybridized carbons (Fsp3) is 0.667. The van der Waals surface area contributed by atoms with Crippen molar-refractivity contribution in [3.05, 3.63) is 18.0 Å². The van der Waals surface area contributed by atoms with Crippen LogP contribution in [-0.4, -0.2) is 27.4 Å². The lowest BCUT2D eigenvalue weighted by atomic mass is 10.0. The molecule has 3 heterocycles. The van der Waals surface area contributed by atoms with E-state index in [1.165, 1.54) is 12.8 Å². The van der Waals surface area contributed by atoms with Gasteiger partial charge < -0.3 is 4.90 Å². The molecule has 2 unspecified atom stereocenters. The maximum absolute atomic E-state index is 6.26. The second kappa shape index (κ2) is 3.88. The number of halogens is 1. The molecular weight excluding hydrogens is 222 g/mol. The number of hydrogen-bond donors (Lipinski definition) is 0. The van der Waals surface area contributed by atoms with E-state index in [0.717, 1.165) is 24.4 Å². The van der Waals surface area contributed by atoms with Crippen molar-refractivity contribution in [1.82, 2.24) is 9.97 Å². The van der Waals surface area contributed by atoms with Crippen LogP contribution in [0.2, 0.25) is 0 Å². The lowest BCUT2D eigenvalue weighted by Gasteiger charge is -2.36. The van der Waals surface area contributed by atoms with Gasteiger partial charge in [0.15, 0.2) is 0 Å². The Morgan fingerprint density at radius 3 is 2.31 bits per heavy atom. The molecule has 2 fully saturated rings. The molecule has 2 aliphatic heterocycles. The Morgan fingerprint density at radius 1 is 1.19 bits per heavy atom. The fourth-order valence-electron chi connectivity index (χ4n) is 2.96. The Balaban J connectivity index is 1.88. The third-order valence-corrected chi connectivity index (χ3v) is 4.03. The Hall–Kier alpha value is -0.830. The highest BCUT2D eigenvalue weighted by Gasteiger charge is 2.41. The van der Waals surface area contributed by atoms with Gasteiger partial charge in [0.2, 0.25) is 5.95 Å². The highest BCUT2D eigenvalue weighted by molar-refractivity contribution is 6.20. The number of anilines is 1. The van der Waals surface area contributed by atoms with Crippen LogP contribution < -0.4 is 4.90 Å². The molecule has 1 aromatic rings. The molecule has 2 saturated heterocycles. The molecule has 16 heavy (non-hydrogen) atoms. The number of aryl methyl sites for hydroxylation is 1. The molecular formula is C12H16ClN3. The largest absolute Gasteiger partial charge is 0.335 e. The molecule has 1 aromatic heterocycles. The van der Waals surface area contributed by atoms with Crippen LogP contribution in [0.25, 0.3) is 0 Å². The van der Waals surface area contributed by atoms with Crippen LogP contribution in [0.4, 0.5) is 5.95 Å². The van der Waals surface area contributed by atoms with Gasteiger partial charge in [0, 0.05) is 29.9 Å². The summed E-state index contributed by atoms with van der Waals surface area (Å²) in [4.78, 5) is 11.3.